The van der Waals surface area contributed by atoms with E-state index in [1.165, 1.54) is 4.90 Å². The number of halogens is 1. The van der Waals surface area contributed by atoms with Gasteiger partial charge < -0.3 is 9.64 Å². The molecular formula is C15H22ClNO3S. The van der Waals surface area contributed by atoms with E-state index in [9.17, 15) is 9.59 Å². The Bertz CT molecular complexity index is 494. The van der Waals surface area contributed by atoms with Gasteiger partial charge in [0.25, 0.3) is 0 Å². The Kier molecular flexibility index (Phi) is 9.13. The minimum Gasteiger partial charge on any atom is -0.497 e. The van der Waals surface area contributed by atoms with E-state index in [1.807, 2.05) is 32.0 Å². The number of fused-ring (bicyclic) bond motifs is 1. The van der Waals surface area contributed by atoms with Crippen LogP contribution in [0.5, 0.6) is 5.75 Å². The third-order valence-electron chi connectivity index (χ3n) is 2.70. The molecule has 0 radical (unpaired) electrons. The summed E-state index contributed by atoms with van der Waals surface area (Å²) in [5, 5.41) is -0.939. The fourth-order valence-corrected chi connectivity index (χ4v) is 2.92. The van der Waals surface area contributed by atoms with Gasteiger partial charge in [0.2, 0.25) is 0 Å². The van der Waals surface area contributed by atoms with Crippen LogP contribution in [0, 0.1) is 0 Å². The summed E-state index contributed by atoms with van der Waals surface area (Å²) in [5.41, 5.74) is 0.975. The third-order valence-corrected chi connectivity index (χ3v) is 3.96. The lowest BCUT2D eigenvalue weighted by atomic mass is 10.2. The number of hydrogen-bond acceptors (Lipinski definition) is 4. The second kappa shape index (κ2) is 9.68. The number of methoxy groups -OCH3 is 1. The van der Waals surface area contributed by atoms with E-state index in [-0.39, 0.29) is 7.43 Å². The van der Waals surface area contributed by atoms with E-state index in [1.54, 1.807) is 18.9 Å². The Morgan fingerprint density at radius 2 is 2.00 bits per heavy atom. The van der Waals surface area contributed by atoms with Crippen molar-refractivity contribution in [2.24, 2.45) is 0 Å². The van der Waals surface area contributed by atoms with Crippen molar-refractivity contribution in [1.29, 1.82) is 0 Å². The molecule has 1 heterocycles. The molecule has 1 aromatic rings. The van der Waals surface area contributed by atoms with Crippen LogP contribution in [-0.2, 0) is 16.1 Å². The van der Waals surface area contributed by atoms with E-state index in [2.05, 4.69) is 0 Å². The first-order chi connectivity index (χ1) is 9.61. The maximum Gasteiger partial charge on any atom is 0.310 e. The van der Waals surface area contributed by atoms with Crippen LogP contribution in [0.15, 0.2) is 23.1 Å². The maximum absolute atomic E-state index is 11.6. The predicted molar refractivity (Wildman–Crippen MR) is 88.1 cm³/mol. The van der Waals surface area contributed by atoms with Gasteiger partial charge in [0.15, 0.2) is 0 Å². The molecule has 4 nitrogen and oxygen atoms in total. The SMILES string of the molecule is C.CC.COc1ccc2c(c1)CN(C(=O)C(=O)Cl)CCS2. The highest BCUT2D eigenvalue weighted by Crippen LogP contribution is 2.30. The number of carbonyl (C=O) groups is 2. The summed E-state index contributed by atoms with van der Waals surface area (Å²) >= 11 is 6.90. The van der Waals surface area contributed by atoms with Gasteiger partial charge in [-0.15, -0.1) is 11.8 Å². The van der Waals surface area contributed by atoms with E-state index in [0.29, 0.717) is 13.1 Å². The van der Waals surface area contributed by atoms with Crippen LogP contribution in [0.4, 0.5) is 0 Å². The fourth-order valence-electron chi connectivity index (χ4n) is 1.80. The molecule has 1 aliphatic rings. The molecule has 0 spiro atoms. The normalized spacial score (nSPS) is 12.9. The zero-order chi connectivity index (χ0) is 15.1. The Balaban J connectivity index is 0.00000128. The number of hydrogen-bond donors (Lipinski definition) is 0. The lowest BCUT2D eigenvalue weighted by Crippen LogP contribution is -2.35. The molecule has 2 rings (SSSR count). The van der Waals surface area contributed by atoms with Crippen molar-refractivity contribution in [3.05, 3.63) is 23.8 Å². The van der Waals surface area contributed by atoms with Crippen LogP contribution in [0.25, 0.3) is 0 Å². The lowest BCUT2D eigenvalue weighted by molar-refractivity contribution is -0.141. The standard InChI is InChI=1S/C12H12ClNO3S.C2H6.CH4/c1-17-9-2-3-10-8(6-9)7-14(4-5-18-10)12(16)11(13)15;1-2;/h2-3,6H,4-5,7H2,1H3;1-2H3;1H4. The van der Waals surface area contributed by atoms with Gasteiger partial charge in [-0.1, -0.05) is 21.3 Å². The van der Waals surface area contributed by atoms with Crippen molar-refractivity contribution in [3.63, 3.8) is 0 Å². The summed E-state index contributed by atoms with van der Waals surface area (Å²) in [4.78, 5) is 25.1. The molecule has 0 N–H and O–H groups in total. The van der Waals surface area contributed by atoms with Gasteiger partial charge in [-0.05, 0) is 35.4 Å². The number of ether oxygens (including phenoxy) is 1. The zero-order valence-electron chi connectivity index (χ0n) is 11.8. The summed E-state index contributed by atoms with van der Waals surface area (Å²) in [7, 11) is 1.59. The largest absolute Gasteiger partial charge is 0.497 e. The minimum atomic E-state index is -0.939. The monoisotopic (exact) mass is 331 g/mol. The van der Waals surface area contributed by atoms with Crippen molar-refractivity contribution in [2.75, 3.05) is 19.4 Å². The molecule has 0 aliphatic carbocycles. The van der Waals surface area contributed by atoms with Gasteiger partial charge >= 0.3 is 11.1 Å². The first-order valence-corrected chi connectivity index (χ1v) is 7.76. The summed E-state index contributed by atoms with van der Waals surface area (Å²) in [5.74, 6) is 0.837. The van der Waals surface area contributed by atoms with E-state index in [4.69, 9.17) is 16.3 Å². The van der Waals surface area contributed by atoms with Crippen molar-refractivity contribution < 1.29 is 14.3 Å². The van der Waals surface area contributed by atoms with Gasteiger partial charge in [-0.25, -0.2) is 0 Å². The van der Waals surface area contributed by atoms with Crippen LogP contribution in [-0.4, -0.2) is 35.5 Å². The summed E-state index contributed by atoms with van der Waals surface area (Å²) in [6, 6.07) is 5.73. The molecule has 118 valence electrons. The molecule has 0 fully saturated rings. The summed E-state index contributed by atoms with van der Waals surface area (Å²) in [6.07, 6.45) is 0. The predicted octanol–water partition coefficient (Wildman–Crippen LogP) is 3.56. The van der Waals surface area contributed by atoms with E-state index in [0.717, 1.165) is 22.0 Å². The highest BCUT2D eigenvalue weighted by molar-refractivity contribution is 7.99. The van der Waals surface area contributed by atoms with E-state index < -0.39 is 11.1 Å². The molecule has 0 saturated carbocycles. The Morgan fingerprint density at radius 1 is 1.33 bits per heavy atom. The lowest BCUT2D eigenvalue weighted by Gasteiger charge is -2.18. The minimum absolute atomic E-state index is 0. The second-order valence-corrected chi connectivity index (χ2v) is 5.30. The van der Waals surface area contributed by atoms with Gasteiger partial charge in [0, 0.05) is 23.7 Å². The molecule has 0 bridgehead atoms. The molecule has 0 saturated heterocycles. The van der Waals surface area contributed by atoms with Crippen LogP contribution < -0.4 is 4.74 Å². The van der Waals surface area contributed by atoms with Crippen molar-refractivity contribution >= 4 is 34.5 Å². The van der Waals surface area contributed by atoms with Crippen LogP contribution in [0.1, 0.15) is 26.8 Å². The molecule has 0 atom stereocenters. The topological polar surface area (TPSA) is 46.6 Å². The Hall–Kier alpha value is -1.20. The number of benzene rings is 1. The van der Waals surface area contributed by atoms with Crippen molar-refractivity contribution in [1.82, 2.24) is 4.90 Å². The molecule has 21 heavy (non-hydrogen) atoms. The molecule has 1 aromatic carbocycles. The highest BCUT2D eigenvalue weighted by atomic mass is 35.5. The fraction of sp³-hybridized carbons (Fsp3) is 0.467. The Labute approximate surface area is 135 Å². The van der Waals surface area contributed by atoms with Gasteiger partial charge in [-0.3, -0.25) is 9.59 Å². The second-order valence-electron chi connectivity index (χ2n) is 3.82. The highest BCUT2D eigenvalue weighted by Gasteiger charge is 2.23. The molecule has 1 aliphatic heterocycles. The molecular weight excluding hydrogens is 310 g/mol. The van der Waals surface area contributed by atoms with Crippen LogP contribution >= 0.6 is 23.4 Å². The molecule has 0 unspecified atom stereocenters. The zero-order valence-corrected chi connectivity index (χ0v) is 13.4. The number of amides is 1. The first kappa shape index (κ1) is 19.8. The number of carbonyl (C=O) groups excluding carboxylic acids is 2. The Morgan fingerprint density at radius 3 is 2.57 bits per heavy atom. The smallest absolute Gasteiger partial charge is 0.310 e. The molecule has 0 aromatic heterocycles. The number of thioether (sulfide) groups is 1. The summed E-state index contributed by atoms with van der Waals surface area (Å²) in [6.45, 7) is 4.90. The first-order valence-electron chi connectivity index (χ1n) is 6.40. The average Bonchev–Trinajstić information content (AvgIpc) is 2.69. The summed E-state index contributed by atoms with van der Waals surface area (Å²) < 4.78 is 5.16. The van der Waals surface area contributed by atoms with Gasteiger partial charge in [0.05, 0.1) is 7.11 Å². The van der Waals surface area contributed by atoms with Crippen molar-refractivity contribution in [3.8, 4) is 5.75 Å². The van der Waals surface area contributed by atoms with Crippen LogP contribution in [0.2, 0.25) is 0 Å². The molecule has 6 heteroatoms. The van der Waals surface area contributed by atoms with E-state index >= 15 is 0 Å². The third kappa shape index (κ3) is 5.25. The maximum atomic E-state index is 11.6. The van der Waals surface area contributed by atoms with Crippen molar-refractivity contribution in [2.45, 2.75) is 32.7 Å². The quantitative estimate of drug-likeness (QED) is 0.614. The average molecular weight is 332 g/mol. The van der Waals surface area contributed by atoms with Gasteiger partial charge in [-0.2, -0.15) is 0 Å². The molecule has 1 amide bonds. The number of nitrogens with zero attached hydrogens (tertiary/aromatic N) is 1. The van der Waals surface area contributed by atoms with Crippen LogP contribution in [0.3, 0.4) is 0 Å². The van der Waals surface area contributed by atoms with Gasteiger partial charge in [0.1, 0.15) is 5.75 Å². The number of rotatable bonds is 2.